The molecule has 0 radical (unpaired) electrons. The summed E-state index contributed by atoms with van der Waals surface area (Å²) in [5.41, 5.74) is 0. The minimum absolute atomic E-state index is 0.303. The highest BCUT2D eigenvalue weighted by molar-refractivity contribution is 5.66. The molecule has 0 aromatic heterocycles. The lowest BCUT2D eigenvalue weighted by Gasteiger charge is -2.26. The van der Waals surface area contributed by atoms with Crippen molar-refractivity contribution in [3.8, 4) is 0 Å². The molecule has 66 valence electrons. The maximum Gasteiger partial charge on any atom is 0.305 e. The summed E-state index contributed by atoms with van der Waals surface area (Å²) in [6.45, 7) is 4.97. The fourth-order valence-corrected chi connectivity index (χ4v) is 0.983. The summed E-state index contributed by atoms with van der Waals surface area (Å²) in [7, 11) is 1.83. The van der Waals surface area contributed by atoms with Crippen LogP contribution in [0, 0.1) is 0 Å². The zero-order valence-electron chi connectivity index (χ0n) is 7.23. The van der Waals surface area contributed by atoms with Gasteiger partial charge in [-0.2, -0.15) is 0 Å². The van der Waals surface area contributed by atoms with E-state index >= 15 is 0 Å². The molecule has 0 saturated heterocycles. The highest BCUT2D eigenvalue weighted by atomic mass is 16.6. The van der Waals surface area contributed by atoms with Crippen molar-refractivity contribution < 1.29 is 9.53 Å². The summed E-state index contributed by atoms with van der Waals surface area (Å²) in [4.78, 5) is 14.2. The van der Waals surface area contributed by atoms with Crippen LogP contribution in [0.25, 0.3) is 0 Å². The van der Waals surface area contributed by atoms with E-state index in [0.29, 0.717) is 0 Å². The van der Waals surface area contributed by atoms with Gasteiger partial charge in [0.25, 0.3) is 6.35 Å². The van der Waals surface area contributed by atoms with Crippen molar-refractivity contribution in [1.29, 1.82) is 0 Å². The SMILES string of the molecule is C=CN1C=CN(C)C1OC(C)=O. The van der Waals surface area contributed by atoms with E-state index in [1.807, 2.05) is 13.2 Å². The average Bonchev–Trinajstić information content (AvgIpc) is 2.32. The smallest absolute Gasteiger partial charge is 0.305 e. The number of nitrogens with zero attached hydrogens (tertiary/aromatic N) is 2. The first-order valence-electron chi connectivity index (χ1n) is 3.62. The molecule has 0 fully saturated rings. The van der Waals surface area contributed by atoms with E-state index in [9.17, 15) is 4.79 Å². The van der Waals surface area contributed by atoms with Gasteiger partial charge in [0, 0.05) is 32.6 Å². The van der Waals surface area contributed by atoms with Gasteiger partial charge in [-0.25, -0.2) is 0 Å². The molecule has 1 atom stereocenters. The fourth-order valence-electron chi connectivity index (χ4n) is 0.983. The van der Waals surface area contributed by atoms with E-state index < -0.39 is 0 Å². The van der Waals surface area contributed by atoms with E-state index in [0.717, 1.165) is 0 Å². The first-order valence-corrected chi connectivity index (χ1v) is 3.62. The number of hydrogen-bond donors (Lipinski definition) is 0. The molecule has 1 heterocycles. The Bertz CT molecular complexity index is 225. The molecule has 0 aliphatic carbocycles. The standard InChI is InChI=1S/C8H12N2O2/c1-4-10-6-5-9(3)8(10)12-7(2)11/h4-6,8H,1H2,2-3H3. The highest BCUT2D eigenvalue weighted by Gasteiger charge is 2.23. The summed E-state index contributed by atoms with van der Waals surface area (Å²) < 4.78 is 5.01. The fraction of sp³-hybridized carbons (Fsp3) is 0.375. The molecule has 1 unspecified atom stereocenters. The molecule has 0 bridgehead atoms. The molecule has 4 nitrogen and oxygen atoms in total. The van der Waals surface area contributed by atoms with Gasteiger partial charge < -0.3 is 14.5 Å². The average molecular weight is 168 g/mol. The second-order valence-electron chi connectivity index (χ2n) is 2.53. The van der Waals surface area contributed by atoms with Crippen LogP contribution in [0.2, 0.25) is 0 Å². The summed E-state index contributed by atoms with van der Waals surface area (Å²) >= 11 is 0. The quantitative estimate of drug-likeness (QED) is 0.568. The summed E-state index contributed by atoms with van der Waals surface area (Å²) in [5, 5.41) is 0. The highest BCUT2D eigenvalue weighted by Crippen LogP contribution is 2.14. The maximum atomic E-state index is 10.7. The third-order valence-electron chi connectivity index (χ3n) is 1.56. The van der Waals surface area contributed by atoms with Crippen molar-refractivity contribution in [3.05, 3.63) is 25.2 Å². The van der Waals surface area contributed by atoms with Gasteiger partial charge in [-0.05, 0) is 0 Å². The second kappa shape index (κ2) is 3.30. The molecular formula is C8H12N2O2. The van der Waals surface area contributed by atoms with E-state index in [-0.39, 0.29) is 12.3 Å². The largest absolute Gasteiger partial charge is 0.422 e. The summed E-state index contributed by atoms with van der Waals surface area (Å²) in [6.07, 6.45) is 4.84. The van der Waals surface area contributed by atoms with Crippen molar-refractivity contribution in [1.82, 2.24) is 9.80 Å². The van der Waals surface area contributed by atoms with Gasteiger partial charge in [-0.1, -0.05) is 6.58 Å². The van der Waals surface area contributed by atoms with E-state index in [1.165, 1.54) is 6.92 Å². The van der Waals surface area contributed by atoms with Crippen LogP contribution in [0.4, 0.5) is 0 Å². The molecule has 0 aromatic rings. The third kappa shape index (κ3) is 1.58. The van der Waals surface area contributed by atoms with Gasteiger partial charge in [0.15, 0.2) is 0 Å². The van der Waals surface area contributed by atoms with Crippen molar-refractivity contribution in [2.45, 2.75) is 13.3 Å². The Hall–Kier alpha value is -1.45. The molecule has 0 amide bonds. The maximum absolute atomic E-state index is 10.7. The first kappa shape index (κ1) is 8.64. The molecule has 1 aliphatic rings. The lowest BCUT2D eigenvalue weighted by Crippen LogP contribution is -2.37. The van der Waals surface area contributed by atoms with E-state index in [1.54, 1.807) is 22.2 Å². The molecule has 4 heteroatoms. The monoisotopic (exact) mass is 168 g/mol. The zero-order valence-corrected chi connectivity index (χ0v) is 7.23. The van der Waals surface area contributed by atoms with Gasteiger partial charge in [0.1, 0.15) is 0 Å². The van der Waals surface area contributed by atoms with E-state index in [2.05, 4.69) is 6.58 Å². The predicted octanol–water partition coefficient (Wildman–Crippen LogP) is 0.695. The number of hydrogen-bond acceptors (Lipinski definition) is 4. The predicted molar refractivity (Wildman–Crippen MR) is 44.5 cm³/mol. The number of esters is 1. The van der Waals surface area contributed by atoms with Crippen LogP contribution in [0.1, 0.15) is 6.92 Å². The van der Waals surface area contributed by atoms with Gasteiger partial charge >= 0.3 is 5.97 Å². The van der Waals surface area contributed by atoms with E-state index in [4.69, 9.17) is 4.74 Å². The Kier molecular flexibility index (Phi) is 2.38. The number of carbonyl (C=O) groups is 1. The number of rotatable bonds is 2. The molecule has 12 heavy (non-hydrogen) atoms. The Morgan fingerprint density at radius 2 is 2.33 bits per heavy atom. The number of carbonyl (C=O) groups excluding carboxylic acids is 1. The molecule has 0 saturated carbocycles. The van der Waals surface area contributed by atoms with Crippen molar-refractivity contribution in [2.24, 2.45) is 0 Å². The molecule has 1 aliphatic heterocycles. The van der Waals surface area contributed by atoms with Crippen molar-refractivity contribution in [3.63, 3.8) is 0 Å². The zero-order chi connectivity index (χ0) is 9.14. The van der Waals surface area contributed by atoms with Crippen molar-refractivity contribution in [2.75, 3.05) is 7.05 Å². The topological polar surface area (TPSA) is 32.8 Å². The minimum atomic E-state index is -0.375. The van der Waals surface area contributed by atoms with Gasteiger partial charge in [0.2, 0.25) is 0 Å². The summed E-state index contributed by atoms with van der Waals surface area (Å²) in [5.74, 6) is -0.303. The Morgan fingerprint density at radius 3 is 2.83 bits per heavy atom. The van der Waals surface area contributed by atoms with Crippen LogP contribution in [-0.2, 0) is 9.53 Å². The Labute approximate surface area is 71.7 Å². The van der Waals surface area contributed by atoms with Gasteiger partial charge in [-0.15, -0.1) is 0 Å². The molecular weight excluding hydrogens is 156 g/mol. The lowest BCUT2D eigenvalue weighted by atomic mass is 10.7. The van der Waals surface area contributed by atoms with Crippen molar-refractivity contribution >= 4 is 5.97 Å². The molecule has 0 spiro atoms. The minimum Gasteiger partial charge on any atom is -0.422 e. The van der Waals surface area contributed by atoms with Gasteiger partial charge in [-0.3, -0.25) is 4.79 Å². The van der Waals surface area contributed by atoms with Crippen LogP contribution in [-0.4, -0.2) is 29.2 Å². The molecule has 1 rings (SSSR count). The van der Waals surface area contributed by atoms with Gasteiger partial charge in [0.05, 0.1) is 0 Å². The van der Waals surface area contributed by atoms with Crippen LogP contribution >= 0.6 is 0 Å². The Balaban J connectivity index is 2.61. The van der Waals surface area contributed by atoms with Crippen LogP contribution in [0.5, 0.6) is 0 Å². The Morgan fingerprint density at radius 1 is 1.67 bits per heavy atom. The normalized spacial score (nSPS) is 21.3. The van der Waals surface area contributed by atoms with Crippen LogP contribution < -0.4 is 0 Å². The summed E-state index contributed by atoms with van der Waals surface area (Å²) in [6, 6.07) is 0. The first-order chi connectivity index (χ1) is 5.65. The molecule has 0 N–H and O–H groups in total. The lowest BCUT2D eigenvalue weighted by molar-refractivity contribution is -0.161. The second-order valence-corrected chi connectivity index (χ2v) is 2.53. The molecule has 0 aromatic carbocycles. The third-order valence-corrected chi connectivity index (χ3v) is 1.56. The number of ether oxygens (including phenoxy) is 1. The van der Waals surface area contributed by atoms with Crippen LogP contribution in [0.15, 0.2) is 25.2 Å². The van der Waals surface area contributed by atoms with Crippen LogP contribution in [0.3, 0.4) is 0 Å².